The molecule has 0 bridgehead atoms. The van der Waals surface area contributed by atoms with Gasteiger partial charge in [0.05, 0.1) is 25.3 Å². The van der Waals surface area contributed by atoms with Crippen LogP contribution < -0.4 is 20.1 Å². The molecule has 1 aromatic heterocycles. The van der Waals surface area contributed by atoms with Gasteiger partial charge in [0, 0.05) is 54.7 Å². The fourth-order valence-corrected chi connectivity index (χ4v) is 3.85. The Labute approximate surface area is 220 Å². The fraction of sp³-hybridized carbons (Fsp3) is 0.286. The Bertz CT molecular complexity index is 1400. The molecule has 0 saturated heterocycles. The summed E-state index contributed by atoms with van der Waals surface area (Å²) in [4.78, 5) is 33.7. The van der Waals surface area contributed by atoms with Gasteiger partial charge in [-0.3, -0.25) is 9.59 Å². The van der Waals surface area contributed by atoms with Crippen molar-refractivity contribution in [1.29, 1.82) is 0 Å². The Morgan fingerprint density at radius 1 is 0.974 bits per heavy atom. The Balaban J connectivity index is 1.74. The van der Waals surface area contributed by atoms with Crippen molar-refractivity contribution in [3.8, 4) is 11.5 Å². The number of fused-ring (bicyclic) bond motifs is 1. The van der Waals surface area contributed by atoms with E-state index in [9.17, 15) is 9.59 Å². The third-order valence-corrected chi connectivity index (χ3v) is 5.98. The zero-order valence-electron chi connectivity index (χ0n) is 21.7. The lowest BCUT2D eigenvalue weighted by molar-refractivity contribution is -0.113. The molecule has 1 aliphatic carbocycles. The van der Waals surface area contributed by atoms with Crippen LogP contribution in [-0.2, 0) is 19.1 Å². The molecule has 38 heavy (non-hydrogen) atoms. The predicted molar refractivity (Wildman–Crippen MR) is 145 cm³/mol. The molecular weight excluding hydrogens is 488 g/mol. The number of hydrogen-bond acceptors (Lipinski definition) is 10. The molecule has 1 unspecified atom stereocenters. The Hall–Kier alpha value is -4.28. The molecule has 1 heterocycles. The number of rotatable bonds is 12. The average molecular weight is 519 g/mol. The maximum Gasteiger partial charge on any atom is 0.186 e. The molecule has 3 aromatic rings. The van der Waals surface area contributed by atoms with Crippen LogP contribution in [0.15, 0.2) is 54.9 Å². The first kappa shape index (κ1) is 26.8. The number of carbonyl (C=O) groups excluding carboxylic acids is 2. The number of benzene rings is 2. The van der Waals surface area contributed by atoms with E-state index in [1.165, 1.54) is 24.6 Å². The summed E-state index contributed by atoms with van der Waals surface area (Å²) in [6.45, 7) is 3.31. The predicted octanol–water partition coefficient (Wildman–Crippen LogP) is 3.95. The van der Waals surface area contributed by atoms with Crippen LogP contribution in [0.25, 0.3) is 16.5 Å². The van der Waals surface area contributed by atoms with E-state index < -0.39 is 0 Å². The van der Waals surface area contributed by atoms with Crippen LogP contribution in [0.3, 0.4) is 0 Å². The Morgan fingerprint density at radius 2 is 1.82 bits per heavy atom. The van der Waals surface area contributed by atoms with E-state index in [0.29, 0.717) is 59.2 Å². The van der Waals surface area contributed by atoms with E-state index in [1.807, 2.05) is 25.1 Å². The minimum Gasteiger partial charge on any atom is -0.493 e. The highest BCUT2D eigenvalue weighted by Gasteiger charge is 2.20. The van der Waals surface area contributed by atoms with Gasteiger partial charge in [-0.25, -0.2) is 9.97 Å². The van der Waals surface area contributed by atoms with E-state index in [0.717, 1.165) is 5.69 Å². The maximum absolute atomic E-state index is 12.8. The summed E-state index contributed by atoms with van der Waals surface area (Å²) >= 11 is 0. The molecule has 1 aliphatic rings. The first-order chi connectivity index (χ1) is 18.4. The van der Waals surface area contributed by atoms with Crippen LogP contribution in [0.1, 0.15) is 12.5 Å². The third-order valence-electron chi connectivity index (χ3n) is 5.98. The molecule has 0 aliphatic heterocycles. The monoisotopic (exact) mass is 518 g/mol. The maximum atomic E-state index is 12.8. The van der Waals surface area contributed by atoms with Crippen LogP contribution in [0.5, 0.6) is 11.5 Å². The third kappa shape index (κ3) is 6.16. The summed E-state index contributed by atoms with van der Waals surface area (Å²) in [5.41, 5.74) is 2.85. The van der Waals surface area contributed by atoms with E-state index in [4.69, 9.17) is 18.9 Å². The minimum atomic E-state index is -0.262. The largest absolute Gasteiger partial charge is 0.493 e. The van der Waals surface area contributed by atoms with Gasteiger partial charge in [0.2, 0.25) is 0 Å². The Kier molecular flexibility index (Phi) is 8.67. The van der Waals surface area contributed by atoms with E-state index in [1.54, 1.807) is 33.5 Å². The van der Waals surface area contributed by atoms with Gasteiger partial charge in [-0.15, -0.1) is 0 Å². The lowest BCUT2D eigenvalue weighted by Gasteiger charge is -2.18. The van der Waals surface area contributed by atoms with Gasteiger partial charge in [-0.2, -0.15) is 0 Å². The minimum absolute atomic E-state index is 0.0120. The van der Waals surface area contributed by atoms with E-state index >= 15 is 0 Å². The first-order valence-electron chi connectivity index (χ1n) is 12.0. The molecule has 2 N–H and O–H groups in total. The van der Waals surface area contributed by atoms with Crippen LogP contribution >= 0.6 is 0 Å². The molecule has 1 atom stereocenters. The second-order valence-electron chi connectivity index (χ2n) is 8.55. The molecule has 10 nitrogen and oxygen atoms in total. The van der Waals surface area contributed by atoms with Crippen molar-refractivity contribution in [2.45, 2.75) is 13.0 Å². The molecule has 0 radical (unpaired) electrons. The first-order valence-corrected chi connectivity index (χ1v) is 12.0. The van der Waals surface area contributed by atoms with Crippen molar-refractivity contribution < 1.29 is 28.5 Å². The number of allylic oxidation sites excluding steroid dienone is 4. The molecular formula is C28H30N4O6. The van der Waals surface area contributed by atoms with Gasteiger partial charge in [0.25, 0.3) is 0 Å². The summed E-state index contributed by atoms with van der Waals surface area (Å²) < 4.78 is 21.7. The van der Waals surface area contributed by atoms with Crippen molar-refractivity contribution in [3.63, 3.8) is 0 Å². The molecule has 0 saturated carbocycles. The van der Waals surface area contributed by atoms with Gasteiger partial charge in [0.15, 0.2) is 23.1 Å². The summed E-state index contributed by atoms with van der Waals surface area (Å²) in [7, 11) is 4.80. The second-order valence-corrected chi connectivity index (χ2v) is 8.55. The van der Waals surface area contributed by atoms with Gasteiger partial charge in [-0.05, 0) is 49.4 Å². The van der Waals surface area contributed by atoms with Crippen molar-refractivity contribution in [3.05, 3.63) is 60.5 Å². The topological polar surface area (TPSA) is 121 Å². The number of nitrogens with one attached hydrogen (secondary N) is 2. The number of hydrogen-bond donors (Lipinski definition) is 2. The normalized spacial score (nSPS) is 13.8. The number of methoxy groups -OCH3 is 3. The van der Waals surface area contributed by atoms with Gasteiger partial charge < -0.3 is 29.6 Å². The van der Waals surface area contributed by atoms with Crippen LogP contribution in [0, 0.1) is 0 Å². The highest BCUT2D eigenvalue weighted by molar-refractivity contribution is 6.34. The Morgan fingerprint density at radius 3 is 2.58 bits per heavy atom. The van der Waals surface area contributed by atoms with E-state index in [-0.39, 0.29) is 23.2 Å². The van der Waals surface area contributed by atoms with Crippen molar-refractivity contribution in [1.82, 2.24) is 9.97 Å². The zero-order valence-corrected chi connectivity index (χ0v) is 21.7. The van der Waals surface area contributed by atoms with Crippen LogP contribution in [0.2, 0.25) is 0 Å². The molecule has 0 spiro atoms. The summed E-state index contributed by atoms with van der Waals surface area (Å²) in [6.07, 6.45) is 5.31. The standard InChI is InChI=1S/C28H30N4O6/c1-17(36-3)15-29-18-5-7-23(20(11-18)21-12-19(33)6-8-25(21)34)32-28-22-13-26(37-4)27(38-10-9-35-2)14-24(22)30-16-31-28/h5-8,11-14,16-17,29H,9-10,15H2,1-4H3,(H,30,31,32). The lowest BCUT2D eigenvalue weighted by atomic mass is 9.94. The number of carbonyl (C=O) groups is 2. The number of aromatic nitrogens is 2. The van der Waals surface area contributed by atoms with Crippen molar-refractivity contribution >= 4 is 45.2 Å². The zero-order chi connectivity index (χ0) is 27.1. The summed E-state index contributed by atoms with van der Waals surface area (Å²) in [5, 5.41) is 7.32. The average Bonchev–Trinajstić information content (AvgIpc) is 2.93. The summed E-state index contributed by atoms with van der Waals surface area (Å²) in [6, 6.07) is 9.11. The van der Waals surface area contributed by atoms with Crippen LogP contribution in [-0.4, -0.2) is 68.7 Å². The van der Waals surface area contributed by atoms with Crippen LogP contribution in [0.4, 0.5) is 17.2 Å². The molecule has 0 amide bonds. The highest BCUT2D eigenvalue weighted by atomic mass is 16.5. The highest BCUT2D eigenvalue weighted by Crippen LogP contribution is 2.37. The van der Waals surface area contributed by atoms with Gasteiger partial charge in [0.1, 0.15) is 18.8 Å². The fourth-order valence-electron chi connectivity index (χ4n) is 3.85. The molecule has 10 heteroatoms. The number of ketones is 2. The quantitative estimate of drug-likeness (QED) is 0.269. The lowest BCUT2D eigenvalue weighted by Crippen LogP contribution is -2.18. The second kappa shape index (κ2) is 12.3. The molecule has 198 valence electrons. The smallest absolute Gasteiger partial charge is 0.186 e. The molecule has 4 rings (SSSR count). The van der Waals surface area contributed by atoms with Gasteiger partial charge in [-0.1, -0.05) is 0 Å². The van der Waals surface area contributed by atoms with Crippen molar-refractivity contribution in [2.24, 2.45) is 0 Å². The molecule has 0 fully saturated rings. The van der Waals surface area contributed by atoms with E-state index in [2.05, 4.69) is 20.6 Å². The van der Waals surface area contributed by atoms with Gasteiger partial charge >= 0.3 is 0 Å². The number of nitrogens with zero attached hydrogens (tertiary/aromatic N) is 2. The number of anilines is 3. The number of ether oxygens (including phenoxy) is 4. The molecule has 2 aromatic carbocycles. The summed E-state index contributed by atoms with van der Waals surface area (Å²) in [5.74, 6) is 1.03. The van der Waals surface area contributed by atoms with Crippen molar-refractivity contribution in [2.75, 3.05) is 51.7 Å². The SMILES string of the molecule is COCCOc1cc2ncnc(Nc3ccc(NCC(C)OC)cc3C3=CC(=O)C=CC3=O)c2cc1OC.